The molecule has 0 bridgehead atoms. The second kappa shape index (κ2) is 6.04. The minimum absolute atomic E-state index is 0.435. The quantitative estimate of drug-likeness (QED) is 0.905. The average Bonchev–Trinajstić information content (AvgIpc) is 3.08. The van der Waals surface area contributed by atoms with Crippen LogP contribution in [-0.4, -0.2) is 22.7 Å². The summed E-state index contributed by atoms with van der Waals surface area (Å²) in [5.74, 6) is 2.83. The number of hydrogen-bond donors (Lipinski definition) is 1. The summed E-state index contributed by atoms with van der Waals surface area (Å²) < 4.78 is 5.58. The maximum absolute atomic E-state index is 5.58. The topological polar surface area (TPSA) is 51.0 Å². The molecule has 19 heavy (non-hydrogen) atoms. The predicted octanol–water partition coefficient (Wildman–Crippen LogP) is 3.36. The number of hydrogen-bond acceptors (Lipinski definition) is 4. The van der Waals surface area contributed by atoms with E-state index < -0.39 is 0 Å². The van der Waals surface area contributed by atoms with Crippen molar-refractivity contribution in [2.75, 3.05) is 6.54 Å². The van der Waals surface area contributed by atoms with Crippen molar-refractivity contribution in [3.05, 3.63) is 11.7 Å². The second-order valence-corrected chi connectivity index (χ2v) is 6.03. The van der Waals surface area contributed by atoms with Gasteiger partial charge in [-0.25, -0.2) is 0 Å². The van der Waals surface area contributed by atoms with Crippen LogP contribution in [0.2, 0.25) is 0 Å². The molecule has 2 aliphatic rings. The summed E-state index contributed by atoms with van der Waals surface area (Å²) in [4.78, 5) is 4.73. The normalized spacial score (nSPS) is 28.9. The zero-order valence-corrected chi connectivity index (χ0v) is 11.9. The fourth-order valence-corrected chi connectivity index (χ4v) is 3.69. The SMILES string of the molecule is CCNC1CCCC1c1nc(C2CCCCC2)no1. The summed E-state index contributed by atoms with van der Waals surface area (Å²) in [6.45, 7) is 3.18. The molecule has 2 aliphatic carbocycles. The molecule has 0 saturated heterocycles. The van der Waals surface area contributed by atoms with Crippen LogP contribution in [0.25, 0.3) is 0 Å². The van der Waals surface area contributed by atoms with Gasteiger partial charge in [0.15, 0.2) is 5.82 Å². The van der Waals surface area contributed by atoms with Gasteiger partial charge in [0.25, 0.3) is 0 Å². The van der Waals surface area contributed by atoms with E-state index in [4.69, 9.17) is 9.51 Å². The third-order valence-electron chi connectivity index (χ3n) is 4.73. The molecule has 2 atom stereocenters. The van der Waals surface area contributed by atoms with Gasteiger partial charge in [-0.15, -0.1) is 0 Å². The highest BCUT2D eigenvalue weighted by Gasteiger charge is 2.33. The molecule has 1 heterocycles. The molecule has 2 unspecified atom stereocenters. The third-order valence-corrected chi connectivity index (χ3v) is 4.73. The molecular formula is C15H25N3O. The van der Waals surface area contributed by atoms with Crippen LogP contribution in [0.4, 0.5) is 0 Å². The molecule has 0 radical (unpaired) electrons. The van der Waals surface area contributed by atoms with Crippen molar-refractivity contribution in [3.8, 4) is 0 Å². The van der Waals surface area contributed by atoms with Crippen molar-refractivity contribution >= 4 is 0 Å². The molecule has 0 amide bonds. The van der Waals surface area contributed by atoms with Crippen molar-refractivity contribution in [1.82, 2.24) is 15.5 Å². The van der Waals surface area contributed by atoms with Gasteiger partial charge in [-0.3, -0.25) is 0 Å². The first-order valence-corrected chi connectivity index (χ1v) is 7.95. The number of likely N-dealkylation sites (N-methyl/N-ethyl adjacent to an activating group) is 1. The van der Waals surface area contributed by atoms with Crippen LogP contribution in [0, 0.1) is 0 Å². The number of nitrogens with one attached hydrogen (secondary N) is 1. The molecule has 0 spiro atoms. The second-order valence-electron chi connectivity index (χ2n) is 6.03. The highest BCUT2D eigenvalue weighted by molar-refractivity contribution is 5.05. The van der Waals surface area contributed by atoms with E-state index in [9.17, 15) is 0 Å². The summed E-state index contributed by atoms with van der Waals surface area (Å²) in [5, 5.41) is 7.82. The van der Waals surface area contributed by atoms with Gasteiger partial charge in [-0.1, -0.05) is 37.8 Å². The standard InChI is InChI=1S/C15H25N3O/c1-2-16-13-10-6-9-12(13)15-17-14(18-19-15)11-7-4-3-5-8-11/h11-13,16H,2-10H2,1H3. The van der Waals surface area contributed by atoms with Crippen LogP contribution < -0.4 is 5.32 Å². The van der Waals surface area contributed by atoms with Gasteiger partial charge in [0.1, 0.15) is 0 Å². The smallest absolute Gasteiger partial charge is 0.231 e. The van der Waals surface area contributed by atoms with Gasteiger partial charge in [-0.05, 0) is 32.2 Å². The van der Waals surface area contributed by atoms with Gasteiger partial charge in [0, 0.05) is 12.0 Å². The Morgan fingerprint density at radius 2 is 1.95 bits per heavy atom. The Bertz CT molecular complexity index is 398. The average molecular weight is 263 g/mol. The Morgan fingerprint density at radius 1 is 1.11 bits per heavy atom. The molecule has 3 rings (SSSR count). The zero-order chi connectivity index (χ0) is 13.1. The molecule has 2 saturated carbocycles. The van der Waals surface area contributed by atoms with E-state index in [1.807, 2.05) is 0 Å². The minimum atomic E-state index is 0.435. The van der Waals surface area contributed by atoms with E-state index in [2.05, 4.69) is 17.4 Å². The van der Waals surface area contributed by atoms with Gasteiger partial charge in [0.2, 0.25) is 5.89 Å². The summed E-state index contributed by atoms with van der Waals surface area (Å²) >= 11 is 0. The molecule has 4 nitrogen and oxygen atoms in total. The van der Waals surface area contributed by atoms with Gasteiger partial charge < -0.3 is 9.84 Å². The van der Waals surface area contributed by atoms with Gasteiger partial charge in [0.05, 0.1) is 5.92 Å². The Hall–Kier alpha value is -0.900. The minimum Gasteiger partial charge on any atom is -0.339 e. The molecule has 106 valence electrons. The lowest BCUT2D eigenvalue weighted by Crippen LogP contribution is -2.31. The summed E-state index contributed by atoms with van der Waals surface area (Å²) in [6, 6.07) is 0.532. The molecule has 2 fully saturated rings. The van der Waals surface area contributed by atoms with Crippen molar-refractivity contribution in [2.24, 2.45) is 0 Å². The van der Waals surface area contributed by atoms with Gasteiger partial charge >= 0.3 is 0 Å². The molecular weight excluding hydrogens is 238 g/mol. The van der Waals surface area contributed by atoms with Gasteiger partial charge in [-0.2, -0.15) is 4.98 Å². The summed E-state index contributed by atoms with van der Waals surface area (Å²) in [5.41, 5.74) is 0. The molecule has 0 aliphatic heterocycles. The molecule has 0 aromatic carbocycles. The van der Waals surface area contributed by atoms with Crippen molar-refractivity contribution in [1.29, 1.82) is 0 Å². The van der Waals surface area contributed by atoms with Crippen molar-refractivity contribution in [2.45, 2.75) is 76.2 Å². The van der Waals surface area contributed by atoms with E-state index in [-0.39, 0.29) is 0 Å². The lowest BCUT2D eigenvalue weighted by atomic mass is 9.89. The van der Waals surface area contributed by atoms with Crippen LogP contribution in [0.1, 0.15) is 81.8 Å². The number of nitrogens with zero attached hydrogens (tertiary/aromatic N) is 2. The first-order valence-electron chi connectivity index (χ1n) is 7.95. The Balaban J connectivity index is 1.69. The summed E-state index contributed by atoms with van der Waals surface area (Å²) in [7, 11) is 0. The maximum Gasteiger partial charge on any atom is 0.231 e. The van der Waals surface area contributed by atoms with Crippen LogP contribution in [0.15, 0.2) is 4.52 Å². The monoisotopic (exact) mass is 263 g/mol. The first-order chi connectivity index (χ1) is 9.38. The van der Waals surface area contributed by atoms with E-state index >= 15 is 0 Å². The van der Waals surface area contributed by atoms with E-state index in [1.54, 1.807) is 0 Å². The van der Waals surface area contributed by atoms with Crippen LogP contribution >= 0.6 is 0 Å². The maximum atomic E-state index is 5.58. The van der Waals surface area contributed by atoms with Crippen LogP contribution in [0.5, 0.6) is 0 Å². The fourth-order valence-electron chi connectivity index (χ4n) is 3.69. The van der Waals surface area contributed by atoms with E-state index in [0.717, 1.165) is 18.3 Å². The van der Waals surface area contributed by atoms with Crippen molar-refractivity contribution < 1.29 is 4.52 Å². The number of aromatic nitrogens is 2. The summed E-state index contributed by atoms with van der Waals surface area (Å²) in [6.07, 6.45) is 10.2. The Kier molecular flexibility index (Phi) is 4.16. The number of rotatable bonds is 4. The molecule has 1 aromatic rings. The molecule has 1 N–H and O–H groups in total. The highest BCUT2D eigenvalue weighted by Crippen LogP contribution is 2.36. The lowest BCUT2D eigenvalue weighted by molar-refractivity contribution is 0.323. The lowest BCUT2D eigenvalue weighted by Gasteiger charge is -2.18. The van der Waals surface area contributed by atoms with E-state index in [1.165, 1.54) is 51.4 Å². The zero-order valence-electron chi connectivity index (χ0n) is 11.9. The van der Waals surface area contributed by atoms with Crippen LogP contribution in [-0.2, 0) is 0 Å². The first kappa shape index (κ1) is 13.1. The van der Waals surface area contributed by atoms with Crippen molar-refractivity contribution in [3.63, 3.8) is 0 Å². The Morgan fingerprint density at radius 3 is 2.74 bits per heavy atom. The predicted molar refractivity (Wildman–Crippen MR) is 74.2 cm³/mol. The Labute approximate surface area is 115 Å². The fraction of sp³-hybridized carbons (Fsp3) is 0.867. The van der Waals surface area contributed by atoms with Crippen LogP contribution in [0.3, 0.4) is 0 Å². The largest absolute Gasteiger partial charge is 0.339 e. The molecule has 4 heteroatoms. The van der Waals surface area contributed by atoms with E-state index in [0.29, 0.717) is 17.9 Å². The third kappa shape index (κ3) is 2.83. The highest BCUT2D eigenvalue weighted by atomic mass is 16.5. The molecule has 1 aromatic heterocycles.